The first kappa shape index (κ1) is 14.0. The monoisotopic (exact) mass is 262 g/mol. The van der Waals surface area contributed by atoms with Gasteiger partial charge in [-0.05, 0) is 44.7 Å². The van der Waals surface area contributed by atoms with Gasteiger partial charge in [-0.15, -0.1) is 0 Å². The summed E-state index contributed by atoms with van der Waals surface area (Å²) in [5.74, 6) is 1.62. The Bertz CT molecular complexity index is 411. The van der Waals surface area contributed by atoms with Gasteiger partial charge in [0.2, 0.25) is 0 Å². The smallest absolute Gasteiger partial charge is 0.144 e. The molecule has 3 heteroatoms. The van der Waals surface area contributed by atoms with Crippen LogP contribution in [0.5, 0.6) is 5.75 Å². The summed E-state index contributed by atoms with van der Waals surface area (Å²) in [6, 6.07) is 6.05. The number of benzene rings is 1. The van der Waals surface area contributed by atoms with E-state index in [0.717, 1.165) is 29.6 Å². The number of hydrogen-bond donors (Lipinski definition) is 1. The largest absolute Gasteiger partial charge is 0.489 e. The van der Waals surface area contributed by atoms with Gasteiger partial charge in [0.1, 0.15) is 5.75 Å². The third kappa shape index (κ3) is 3.55. The van der Waals surface area contributed by atoms with Crippen LogP contribution in [0.3, 0.4) is 0 Å². The molecular formula is C16H26N2O. The highest BCUT2D eigenvalue weighted by molar-refractivity contribution is 5.73. The normalized spacial score (nSPS) is 16.0. The van der Waals surface area contributed by atoms with Crippen LogP contribution in [0.2, 0.25) is 0 Å². The van der Waals surface area contributed by atoms with E-state index in [4.69, 9.17) is 10.5 Å². The van der Waals surface area contributed by atoms with E-state index in [1.807, 2.05) is 26.0 Å². The van der Waals surface area contributed by atoms with E-state index in [9.17, 15) is 0 Å². The summed E-state index contributed by atoms with van der Waals surface area (Å²) in [5.41, 5.74) is 8.09. The summed E-state index contributed by atoms with van der Waals surface area (Å²) >= 11 is 0. The van der Waals surface area contributed by atoms with Crippen LogP contribution in [0.15, 0.2) is 18.2 Å². The number of nitrogen functional groups attached to an aromatic ring is 1. The van der Waals surface area contributed by atoms with Gasteiger partial charge in [-0.25, -0.2) is 0 Å². The van der Waals surface area contributed by atoms with Gasteiger partial charge in [0.25, 0.3) is 0 Å². The molecule has 1 fully saturated rings. The zero-order valence-electron chi connectivity index (χ0n) is 12.4. The Morgan fingerprint density at radius 3 is 2.63 bits per heavy atom. The number of ether oxygens (including phenoxy) is 1. The number of nitrogens with two attached hydrogens (primary N) is 1. The van der Waals surface area contributed by atoms with Crippen molar-refractivity contribution in [2.24, 2.45) is 5.92 Å². The van der Waals surface area contributed by atoms with Gasteiger partial charge in [0.15, 0.2) is 0 Å². The van der Waals surface area contributed by atoms with E-state index >= 15 is 0 Å². The Morgan fingerprint density at radius 2 is 2.00 bits per heavy atom. The Morgan fingerprint density at radius 1 is 1.32 bits per heavy atom. The van der Waals surface area contributed by atoms with Gasteiger partial charge in [-0.2, -0.15) is 0 Å². The van der Waals surface area contributed by atoms with Gasteiger partial charge >= 0.3 is 0 Å². The molecule has 1 aliphatic rings. The number of rotatable bonds is 5. The van der Waals surface area contributed by atoms with Crippen LogP contribution >= 0.6 is 0 Å². The van der Waals surface area contributed by atoms with Crippen molar-refractivity contribution >= 4 is 11.4 Å². The molecule has 0 aromatic heterocycles. The molecule has 0 atom stereocenters. The van der Waals surface area contributed by atoms with Crippen molar-refractivity contribution in [3.05, 3.63) is 18.2 Å². The third-order valence-electron chi connectivity index (χ3n) is 3.82. The quantitative estimate of drug-likeness (QED) is 0.823. The molecule has 0 amide bonds. The minimum Gasteiger partial charge on any atom is -0.489 e. The van der Waals surface area contributed by atoms with Crippen LogP contribution in [-0.2, 0) is 0 Å². The van der Waals surface area contributed by atoms with Gasteiger partial charge < -0.3 is 15.4 Å². The van der Waals surface area contributed by atoms with Gasteiger partial charge in [-0.3, -0.25) is 0 Å². The molecule has 0 saturated heterocycles. The molecule has 19 heavy (non-hydrogen) atoms. The predicted molar refractivity (Wildman–Crippen MR) is 81.8 cm³/mol. The minimum atomic E-state index is 0.151. The van der Waals surface area contributed by atoms with Crippen molar-refractivity contribution in [1.82, 2.24) is 0 Å². The molecule has 3 nitrogen and oxygen atoms in total. The summed E-state index contributed by atoms with van der Waals surface area (Å²) in [6.45, 7) is 5.14. The van der Waals surface area contributed by atoms with E-state index < -0.39 is 0 Å². The number of anilines is 2. The molecule has 0 bridgehead atoms. The lowest BCUT2D eigenvalue weighted by Gasteiger charge is -2.25. The second-order valence-electron chi connectivity index (χ2n) is 5.89. The van der Waals surface area contributed by atoms with Crippen LogP contribution in [0, 0.1) is 5.92 Å². The average Bonchev–Trinajstić information content (AvgIpc) is 2.84. The van der Waals surface area contributed by atoms with E-state index in [1.165, 1.54) is 25.7 Å². The van der Waals surface area contributed by atoms with Gasteiger partial charge in [0.05, 0.1) is 17.5 Å². The van der Waals surface area contributed by atoms with E-state index in [-0.39, 0.29) is 6.10 Å². The maximum Gasteiger partial charge on any atom is 0.144 e. The zero-order valence-corrected chi connectivity index (χ0v) is 12.4. The van der Waals surface area contributed by atoms with Crippen molar-refractivity contribution in [2.75, 3.05) is 24.2 Å². The summed E-state index contributed by atoms with van der Waals surface area (Å²) in [5, 5.41) is 0. The molecule has 0 unspecified atom stereocenters. The average molecular weight is 262 g/mol. The van der Waals surface area contributed by atoms with Crippen LogP contribution < -0.4 is 15.4 Å². The summed E-state index contributed by atoms with van der Waals surface area (Å²) in [4.78, 5) is 2.28. The fourth-order valence-electron chi connectivity index (χ4n) is 2.90. The minimum absolute atomic E-state index is 0.151. The fraction of sp³-hybridized carbons (Fsp3) is 0.625. The van der Waals surface area contributed by atoms with E-state index in [2.05, 4.69) is 18.0 Å². The first-order valence-electron chi connectivity index (χ1n) is 7.34. The number of nitrogens with zero attached hydrogens (tertiary/aromatic N) is 1. The molecule has 0 aliphatic heterocycles. The lowest BCUT2D eigenvalue weighted by molar-refractivity contribution is 0.244. The Kier molecular flexibility index (Phi) is 4.56. The molecule has 0 heterocycles. The molecule has 2 rings (SSSR count). The highest BCUT2D eigenvalue weighted by Crippen LogP contribution is 2.34. The predicted octanol–water partition coefficient (Wildman–Crippen LogP) is 3.68. The maximum absolute atomic E-state index is 6.24. The van der Waals surface area contributed by atoms with Crippen molar-refractivity contribution in [3.8, 4) is 5.75 Å². The van der Waals surface area contributed by atoms with Gasteiger partial charge in [-0.1, -0.05) is 18.9 Å². The standard InChI is InChI=1S/C16H26N2O/c1-12(2)19-15-10-6-9-14(16(15)17)18(3)11-13-7-4-5-8-13/h6,9-10,12-13H,4-5,7-8,11,17H2,1-3H3. The Labute approximate surface area is 116 Å². The van der Waals surface area contributed by atoms with E-state index in [0.29, 0.717) is 0 Å². The maximum atomic E-state index is 6.24. The third-order valence-corrected chi connectivity index (χ3v) is 3.82. The van der Waals surface area contributed by atoms with Crippen LogP contribution in [0.4, 0.5) is 11.4 Å². The van der Waals surface area contributed by atoms with Crippen molar-refractivity contribution in [2.45, 2.75) is 45.6 Å². The Balaban J connectivity index is 2.09. The molecular weight excluding hydrogens is 236 g/mol. The fourth-order valence-corrected chi connectivity index (χ4v) is 2.90. The van der Waals surface area contributed by atoms with Crippen molar-refractivity contribution in [3.63, 3.8) is 0 Å². The molecule has 106 valence electrons. The first-order valence-corrected chi connectivity index (χ1v) is 7.34. The molecule has 2 N–H and O–H groups in total. The highest BCUT2D eigenvalue weighted by atomic mass is 16.5. The van der Waals surface area contributed by atoms with E-state index in [1.54, 1.807) is 0 Å². The second kappa shape index (κ2) is 6.18. The molecule has 0 radical (unpaired) electrons. The Hall–Kier alpha value is -1.38. The first-order chi connectivity index (χ1) is 9.08. The zero-order chi connectivity index (χ0) is 13.8. The summed E-state index contributed by atoms with van der Waals surface area (Å²) in [6.07, 6.45) is 5.62. The van der Waals surface area contributed by atoms with Crippen LogP contribution in [-0.4, -0.2) is 19.7 Å². The molecule has 1 aliphatic carbocycles. The number of hydrogen-bond acceptors (Lipinski definition) is 3. The molecule has 1 aromatic carbocycles. The summed E-state index contributed by atoms with van der Waals surface area (Å²) < 4.78 is 5.75. The molecule has 1 aromatic rings. The van der Waals surface area contributed by atoms with Gasteiger partial charge in [0, 0.05) is 13.6 Å². The molecule has 0 spiro atoms. The second-order valence-corrected chi connectivity index (χ2v) is 5.89. The molecule has 1 saturated carbocycles. The van der Waals surface area contributed by atoms with Crippen LogP contribution in [0.25, 0.3) is 0 Å². The van der Waals surface area contributed by atoms with Crippen molar-refractivity contribution < 1.29 is 4.74 Å². The number of para-hydroxylation sites is 1. The SMILES string of the molecule is CC(C)Oc1cccc(N(C)CC2CCCC2)c1N. The topological polar surface area (TPSA) is 38.5 Å². The van der Waals surface area contributed by atoms with Crippen LogP contribution in [0.1, 0.15) is 39.5 Å². The van der Waals surface area contributed by atoms with Crippen molar-refractivity contribution in [1.29, 1.82) is 0 Å². The highest BCUT2D eigenvalue weighted by Gasteiger charge is 2.18. The lowest BCUT2D eigenvalue weighted by atomic mass is 10.1. The lowest BCUT2D eigenvalue weighted by Crippen LogP contribution is -2.25. The summed E-state index contributed by atoms with van der Waals surface area (Å²) in [7, 11) is 2.13.